The zero-order chi connectivity index (χ0) is 13.1. The number of aryl methyl sites for hydroxylation is 1. The molecular weight excluding hydrogens is 232 g/mol. The first-order valence-electron chi connectivity index (χ1n) is 7.02. The molecule has 0 bridgehead atoms. The van der Waals surface area contributed by atoms with Gasteiger partial charge in [-0.1, -0.05) is 30.3 Å². The van der Waals surface area contributed by atoms with Gasteiger partial charge in [-0.25, -0.2) is 0 Å². The van der Waals surface area contributed by atoms with Gasteiger partial charge in [0.1, 0.15) is 0 Å². The van der Waals surface area contributed by atoms with E-state index in [4.69, 9.17) is 0 Å². The standard InChI is InChI=1S/C17H20N2/c1-19(13-15-9-4-5-12-18-15)17-11-6-8-14-7-2-3-10-16(14)17/h2-5,7,9-10,12,17H,6,8,11,13H2,1H3. The maximum atomic E-state index is 4.43. The summed E-state index contributed by atoms with van der Waals surface area (Å²) in [6, 6.07) is 15.5. The predicted molar refractivity (Wildman–Crippen MR) is 77.8 cm³/mol. The van der Waals surface area contributed by atoms with E-state index < -0.39 is 0 Å². The number of rotatable bonds is 3. The fourth-order valence-corrected chi connectivity index (χ4v) is 3.04. The first-order valence-corrected chi connectivity index (χ1v) is 7.02. The van der Waals surface area contributed by atoms with E-state index in [-0.39, 0.29) is 0 Å². The largest absolute Gasteiger partial charge is 0.294 e. The zero-order valence-corrected chi connectivity index (χ0v) is 11.4. The molecule has 1 atom stereocenters. The molecule has 1 aromatic heterocycles. The first-order chi connectivity index (χ1) is 9.34. The van der Waals surface area contributed by atoms with Crippen molar-refractivity contribution in [3.63, 3.8) is 0 Å². The molecule has 1 unspecified atom stereocenters. The summed E-state index contributed by atoms with van der Waals surface area (Å²) in [5.41, 5.74) is 4.17. The van der Waals surface area contributed by atoms with Crippen LogP contribution in [0.2, 0.25) is 0 Å². The third-order valence-electron chi connectivity index (χ3n) is 4.01. The zero-order valence-electron chi connectivity index (χ0n) is 11.4. The Bertz CT molecular complexity index is 536. The van der Waals surface area contributed by atoms with E-state index in [1.807, 2.05) is 12.3 Å². The van der Waals surface area contributed by atoms with Crippen LogP contribution < -0.4 is 0 Å². The number of nitrogens with zero attached hydrogens (tertiary/aromatic N) is 2. The Hall–Kier alpha value is -1.67. The molecule has 2 aromatic rings. The molecule has 1 aliphatic rings. The normalized spacial score (nSPS) is 18.3. The molecule has 19 heavy (non-hydrogen) atoms. The summed E-state index contributed by atoms with van der Waals surface area (Å²) >= 11 is 0. The van der Waals surface area contributed by atoms with Gasteiger partial charge in [0.05, 0.1) is 5.69 Å². The summed E-state index contributed by atoms with van der Waals surface area (Å²) < 4.78 is 0. The van der Waals surface area contributed by atoms with Crippen molar-refractivity contribution >= 4 is 0 Å². The molecule has 0 amide bonds. The molecule has 3 rings (SSSR count). The van der Waals surface area contributed by atoms with Gasteiger partial charge in [-0.05, 0) is 49.6 Å². The lowest BCUT2D eigenvalue weighted by molar-refractivity contribution is 0.211. The van der Waals surface area contributed by atoms with Crippen LogP contribution in [0.25, 0.3) is 0 Å². The summed E-state index contributed by atoms with van der Waals surface area (Å²) in [5, 5.41) is 0. The quantitative estimate of drug-likeness (QED) is 0.830. The van der Waals surface area contributed by atoms with Gasteiger partial charge in [-0.3, -0.25) is 9.88 Å². The van der Waals surface area contributed by atoms with Crippen LogP contribution in [0, 0.1) is 0 Å². The van der Waals surface area contributed by atoms with Crippen molar-refractivity contribution in [3.05, 3.63) is 65.5 Å². The topological polar surface area (TPSA) is 16.1 Å². The second kappa shape index (κ2) is 5.54. The average molecular weight is 252 g/mol. The highest BCUT2D eigenvalue weighted by atomic mass is 15.1. The Balaban J connectivity index is 1.80. The Morgan fingerprint density at radius 2 is 2.00 bits per heavy atom. The van der Waals surface area contributed by atoms with Crippen LogP contribution >= 0.6 is 0 Å². The minimum Gasteiger partial charge on any atom is -0.294 e. The van der Waals surface area contributed by atoms with Crippen LogP contribution in [0.1, 0.15) is 35.7 Å². The van der Waals surface area contributed by atoms with E-state index >= 15 is 0 Å². The summed E-state index contributed by atoms with van der Waals surface area (Å²) in [6.45, 7) is 0.917. The van der Waals surface area contributed by atoms with Gasteiger partial charge in [-0.15, -0.1) is 0 Å². The maximum Gasteiger partial charge on any atom is 0.0544 e. The molecule has 0 fully saturated rings. The van der Waals surface area contributed by atoms with E-state index in [0.29, 0.717) is 6.04 Å². The van der Waals surface area contributed by atoms with Crippen LogP contribution in [0.4, 0.5) is 0 Å². The fourth-order valence-electron chi connectivity index (χ4n) is 3.04. The second-order valence-electron chi connectivity index (χ2n) is 5.34. The smallest absolute Gasteiger partial charge is 0.0544 e. The number of fused-ring (bicyclic) bond motifs is 1. The molecule has 0 N–H and O–H groups in total. The first kappa shape index (κ1) is 12.4. The average Bonchev–Trinajstić information content (AvgIpc) is 2.47. The van der Waals surface area contributed by atoms with Gasteiger partial charge in [-0.2, -0.15) is 0 Å². The molecule has 1 aromatic carbocycles. The molecule has 2 heteroatoms. The monoisotopic (exact) mass is 252 g/mol. The lowest BCUT2D eigenvalue weighted by Gasteiger charge is -2.33. The Morgan fingerprint density at radius 1 is 1.16 bits per heavy atom. The van der Waals surface area contributed by atoms with Crippen molar-refractivity contribution in [2.75, 3.05) is 7.05 Å². The van der Waals surface area contributed by atoms with E-state index in [0.717, 1.165) is 12.2 Å². The summed E-state index contributed by atoms with van der Waals surface area (Å²) in [7, 11) is 2.21. The van der Waals surface area contributed by atoms with Crippen molar-refractivity contribution in [1.82, 2.24) is 9.88 Å². The van der Waals surface area contributed by atoms with Gasteiger partial charge in [0.25, 0.3) is 0 Å². The number of hydrogen-bond donors (Lipinski definition) is 0. The van der Waals surface area contributed by atoms with E-state index in [2.05, 4.69) is 53.3 Å². The molecule has 98 valence electrons. The third kappa shape index (κ3) is 2.69. The molecule has 1 aliphatic carbocycles. The van der Waals surface area contributed by atoms with Crippen LogP contribution in [-0.2, 0) is 13.0 Å². The summed E-state index contributed by atoms with van der Waals surface area (Å²) in [5.74, 6) is 0. The van der Waals surface area contributed by atoms with Crippen LogP contribution in [0.3, 0.4) is 0 Å². The molecule has 0 saturated heterocycles. The van der Waals surface area contributed by atoms with Crippen molar-refractivity contribution in [2.24, 2.45) is 0 Å². The molecule has 0 aliphatic heterocycles. The third-order valence-corrected chi connectivity index (χ3v) is 4.01. The fraction of sp³-hybridized carbons (Fsp3) is 0.353. The van der Waals surface area contributed by atoms with Gasteiger partial charge < -0.3 is 0 Å². The second-order valence-corrected chi connectivity index (χ2v) is 5.34. The molecular formula is C17H20N2. The molecule has 1 heterocycles. The van der Waals surface area contributed by atoms with Crippen molar-refractivity contribution in [1.29, 1.82) is 0 Å². The Labute approximate surface area is 115 Å². The van der Waals surface area contributed by atoms with Crippen LogP contribution in [-0.4, -0.2) is 16.9 Å². The van der Waals surface area contributed by atoms with E-state index in [9.17, 15) is 0 Å². The number of pyridine rings is 1. The molecule has 2 nitrogen and oxygen atoms in total. The lowest BCUT2D eigenvalue weighted by Crippen LogP contribution is -2.27. The maximum absolute atomic E-state index is 4.43. The Kier molecular flexibility index (Phi) is 3.60. The lowest BCUT2D eigenvalue weighted by atomic mass is 9.87. The number of hydrogen-bond acceptors (Lipinski definition) is 2. The Morgan fingerprint density at radius 3 is 2.84 bits per heavy atom. The van der Waals surface area contributed by atoms with Gasteiger partial charge in [0.2, 0.25) is 0 Å². The molecule has 0 radical (unpaired) electrons. The van der Waals surface area contributed by atoms with E-state index in [1.165, 1.54) is 30.4 Å². The van der Waals surface area contributed by atoms with Crippen LogP contribution in [0.5, 0.6) is 0 Å². The van der Waals surface area contributed by atoms with Crippen molar-refractivity contribution < 1.29 is 0 Å². The number of benzene rings is 1. The highest BCUT2D eigenvalue weighted by molar-refractivity contribution is 5.32. The van der Waals surface area contributed by atoms with Crippen molar-refractivity contribution in [3.8, 4) is 0 Å². The van der Waals surface area contributed by atoms with Gasteiger partial charge >= 0.3 is 0 Å². The van der Waals surface area contributed by atoms with Crippen LogP contribution in [0.15, 0.2) is 48.7 Å². The summed E-state index contributed by atoms with van der Waals surface area (Å²) in [4.78, 5) is 6.86. The van der Waals surface area contributed by atoms with Crippen molar-refractivity contribution in [2.45, 2.75) is 31.8 Å². The highest BCUT2D eigenvalue weighted by Crippen LogP contribution is 2.33. The molecule has 0 spiro atoms. The minimum atomic E-state index is 0.534. The van der Waals surface area contributed by atoms with E-state index in [1.54, 1.807) is 0 Å². The summed E-state index contributed by atoms with van der Waals surface area (Å²) in [6.07, 6.45) is 5.64. The highest BCUT2D eigenvalue weighted by Gasteiger charge is 2.23. The minimum absolute atomic E-state index is 0.534. The SMILES string of the molecule is CN(Cc1ccccn1)C1CCCc2ccccc21. The van der Waals surface area contributed by atoms with Gasteiger partial charge in [0, 0.05) is 18.8 Å². The molecule has 0 saturated carbocycles. The predicted octanol–water partition coefficient (Wildman–Crippen LogP) is 3.59. The van der Waals surface area contributed by atoms with Gasteiger partial charge in [0.15, 0.2) is 0 Å². The number of aromatic nitrogens is 1.